The summed E-state index contributed by atoms with van der Waals surface area (Å²) >= 11 is 0. The predicted molar refractivity (Wildman–Crippen MR) is 111 cm³/mol. The average molecular weight is 400 g/mol. The van der Waals surface area contributed by atoms with Crippen LogP contribution < -0.4 is 10.1 Å². The Hall–Kier alpha value is -2.04. The second kappa shape index (κ2) is 8.76. The minimum Gasteiger partial charge on any atom is -0.494 e. The molecule has 4 aliphatic carbocycles. The Morgan fingerprint density at radius 1 is 1.03 bits per heavy atom. The van der Waals surface area contributed by atoms with Crippen LogP contribution in [0.4, 0.5) is 0 Å². The van der Waals surface area contributed by atoms with Gasteiger partial charge in [-0.1, -0.05) is 13.3 Å². The van der Waals surface area contributed by atoms with Crippen molar-refractivity contribution < 1.29 is 19.1 Å². The van der Waals surface area contributed by atoms with Gasteiger partial charge in [0.25, 0.3) is 5.91 Å². The van der Waals surface area contributed by atoms with Crippen LogP contribution in [0.25, 0.3) is 0 Å². The Balaban J connectivity index is 1.20. The summed E-state index contributed by atoms with van der Waals surface area (Å²) in [5.74, 6) is 2.66. The molecule has 0 aromatic heterocycles. The molecule has 0 saturated heterocycles. The van der Waals surface area contributed by atoms with Crippen LogP contribution in [0.2, 0.25) is 0 Å². The van der Waals surface area contributed by atoms with Gasteiger partial charge in [-0.25, -0.2) is 4.79 Å². The number of ether oxygens (including phenoxy) is 2. The number of amides is 1. The number of hydrogen-bond donors (Lipinski definition) is 1. The molecule has 158 valence electrons. The van der Waals surface area contributed by atoms with Gasteiger partial charge in [0.2, 0.25) is 0 Å². The summed E-state index contributed by atoms with van der Waals surface area (Å²) in [5.41, 5.74) is 0.726. The lowest BCUT2D eigenvalue weighted by Gasteiger charge is -2.56. The number of benzene rings is 1. The second-order valence-corrected chi connectivity index (χ2v) is 9.50. The lowest BCUT2D eigenvalue weighted by Crippen LogP contribution is -2.51. The van der Waals surface area contributed by atoms with E-state index in [-0.39, 0.29) is 12.5 Å². The Morgan fingerprint density at radius 3 is 2.24 bits per heavy atom. The van der Waals surface area contributed by atoms with Gasteiger partial charge >= 0.3 is 5.97 Å². The summed E-state index contributed by atoms with van der Waals surface area (Å²) in [6.07, 6.45) is 10.0. The van der Waals surface area contributed by atoms with Gasteiger partial charge in [0.1, 0.15) is 5.75 Å². The molecular formula is C24H33NO4. The normalized spacial score (nSPS) is 29.5. The van der Waals surface area contributed by atoms with Gasteiger partial charge in [0.05, 0.1) is 12.2 Å². The minimum absolute atomic E-state index is 0.200. The van der Waals surface area contributed by atoms with Crippen LogP contribution in [0.15, 0.2) is 24.3 Å². The van der Waals surface area contributed by atoms with Crippen molar-refractivity contribution in [3.63, 3.8) is 0 Å². The molecule has 0 aliphatic heterocycles. The fourth-order valence-corrected chi connectivity index (χ4v) is 6.08. The van der Waals surface area contributed by atoms with Crippen LogP contribution in [0.3, 0.4) is 0 Å². The van der Waals surface area contributed by atoms with Crippen LogP contribution in [-0.2, 0) is 9.53 Å². The van der Waals surface area contributed by atoms with Crippen molar-refractivity contribution in [3.05, 3.63) is 29.8 Å². The zero-order valence-corrected chi connectivity index (χ0v) is 17.5. The van der Waals surface area contributed by atoms with Crippen LogP contribution >= 0.6 is 0 Å². The minimum atomic E-state index is -0.477. The summed E-state index contributed by atoms with van der Waals surface area (Å²) in [7, 11) is 0. The van der Waals surface area contributed by atoms with Gasteiger partial charge in [-0.05, 0) is 92.4 Å². The van der Waals surface area contributed by atoms with Gasteiger partial charge < -0.3 is 14.8 Å². The fraction of sp³-hybridized carbons (Fsp3) is 0.667. The topological polar surface area (TPSA) is 64.6 Å². The molecule has 29 heavy (non-hydrogen) atoms. The highest BCUT2D eigenvalue weighted by Crippen LogP contribution is 2.59. The fourth-order valence-electron chi connectivity index (χ4n) is 6.08. The molecule has 1 N–H and O–H groups in total. The van der Waals surface area contributed by atoms with E-state index in [0.717, 1.165) is 42.9 Å². The van der Waals surface area contributed by atoms with Gasteiger partial charge in [-0.15, -0.1) is 0 Å². The Bertz CT molecular complexity index is 692. The number of carbonyl (C=O) groups is 2. The maximum absolute atomic E-state index is 12.3. The maximum atomic E-state index is 12.3. The molecule has 1 aromatic carbocycles. The van der Waals surface area contributed by atoms with E-state index in [1.54, 1.807) is 24.3 Å². The van der Waals surface area contributed by atoms with Crippen molar-refractivity contribution in [1.82, 2.24) is 5.32 Å². The maximum Gasteiger partial charge on any atom is 0.338 e. The Labute approximate surface area is 173 Å². The first-order valence-electron chi connectivity index (χ1n) is 11.2. The highest BCUT2D eigenvalue weighted by molar-refractivity contribution is 5.91. The molecule has 4 fully saturated rings. The SMILES string of the molecule is CCCCOc1ccc(C(=O)OCC(=O)NCC23CC4CC(CC(C4)C2)C3)cc1. The standard InChI is InChI=1S/C24H33NO4/c1-2-3-8-28-21-6-4-20(5-7-21)23(27)29-15-22(26)25-16-24-12-17-9-18(13-24)11-19(10-17)14-24/h4-7,17-19H,2-3,8-16H2,1H3,(H,25,26). The molecule has 0 radical (unpaired) electrons. The smallest absolute Gasteiger partial charge is 0.338 e. The van der Waals surface area contributed by atoms with Gasteiger partial charge in [-0.3, -0.25) is 4.79 Å². The summed E-state index contributed by atoms with van der Waals surface area (Å²) in [4.78, 5) is 24.5. The van der Waals surface area contributed by atoms with Crippen molar-refractivity contribution in [2.24, 2.45) is 23.2 Å². The molecular weight excluding hydrogens is 366 g/mol. The zero-order valence-electron chi connectivity index (χ0n) is 17.5. The van der Waals surface area contributed by atoms with E-state index in [4.69, 9.17) is 9.47 Å². The molecule has 0 unspecified atom stereocenters. The molecule has 5 heteroatoms. The highest BCUT2D eigenvalue weighted by Gasteiger charge is 2.50. The number of esters is 1. The van der Waals surface area contributed by atoms with Crippen LogP contribution in [0.1, 0.15) is 68.6 Å². The van der Waals surface area contributed by atoms with Gasteiger partial charge in [0.15, 0.2) is 6.61 Å². The van der Waals surface area contributed by atoms with Gasteiger partial charge in [0, 0.05) is 6.54 Å². The third kappa shape index (κ3) is 4.93. The van der Waals surface area contributed by atoms with E-state index in [9.17, 15) is 9.59 Å². The van der Waals surface area contributed by atoms with Crippen LogP contribution in [-0.4, -0.2) is 31.6 Å². The lowest BCUT2D eigenvalue weighted by molar-refractivity contribution is -0.126. The predicted octanol–water partition coefficient (Wildman–Crippen LogP) is 4.35. The third-order valence-electron chi connectivity index (χ3n) is 7.02. The van der Waals surface area contributed by atoms with E-state index < -0.39 is 5.97 Å². The first kappa shape index (κ1) is 20.2. The molecule has 4 bridgehead atoms. The summed E-state index contributed by atoms with van der Waals surface area (Å²) in [5, 5.41) is 3.05. The van der Waals surface area contributed by atoms with E-state index in [1.165, 1.54) is 38.5 Å². The van der Waals surface area contributed by atoms with E-state index in [1.807, 2.05) is 0 Å². The molecule has 1 aromatic rings. The first-order valence-corrected chi connectivity index (χ1v) is 11.2. The van der Waals surface area contributed by atoms with Crippen molar-refractivity contribution in [1.29, 1.82) is 0 Å². The molecule has 5 nitrogen and oxygen atoms in total. The van der Waals surface area contributed by atoms with E-state index in [0.29, 0.717) is 17.6 Å². The van der Waals surface area contributed by atoms with Crippen LogP contribution in [0, 0.1) is 23.2 Å². The van der Waals surface area contributed by atoms with Crippen molar-refractivity contribution >= 4 is 11.9 Å². The monoisotopic (exact) mass is 399 g/mol. The van der Waals surface area contributed by atoms with Crippen molar-refractivity contribution in [2.75, 3.05) is 19.8 Å². The number of hydrogen-bond acceptors (Lipinski definition) is 4. The third-order valence-corrected chi connectivity index (χ3v) is 7.02. The van der Waals surface area contributed by atoms with E-state index >= 15 is 0 Å². The van der Waals surface area contributed by atoms with Crippen molar-refractivity contribution in [2.45, 2.75) is 58.3 Å². The number of unbranched alkanes of at least 4 members (excludes halogenated alkanes) is 1. The first-order chi connectivity index (χ1) is 14.0. The number of rotatable bonds is 9. The molecule has 0 heterocycles. The largest absolute Gasteiger partial charge is 0.494 e. The molecule has 0 atom stereocenters. The molecule has 0 spiro atoms. The molecule has 4 aliphatic rings. The number of nitrogens with one attached hydrogen (secondary N) is 1. The quantitative estimate of drug-likeness (QED) is 0.495. The highest BCUT2D eigenvalue weighted by atomic mass is 16.5. The zero-order chi connectivity index (χ0) is 20.3. The molecule has 1 amide bonds. The summed E-state index contributed by atoms with van der Waals surface area (Å²) in [6, 6.07) is 6.88. The Morgan fingerprint density at radius 2 is 1.66 bits per heavy atom. The summed E-state index contributed by atoms with van der Waals surface area (Å²) < 4.78 is 10.8. The molecule has 5 rings (SSSR count). The lowest BCUT2D eigenvalue weighted by atomic mass is 9.49. The Kier molecular flexibility index (Phi) is 6.12. The second-order valence-electron chi connectivity index (χ2n) is 9.50. The van der Waals surface area contributed by atoms with Gasteiger partial charge in [-0.2, -0.15) is 0 Å². The summed E-state index contributed by atoms with van der Waals surface area (Å²) in [6.45, 7) is 3.29. The van der Waals surface area contributed by atoms with Crippen LogP contribution in [0.5, 0.6) is 5.75 Å². The van der Waals surface area contributed by atoms with E-state index in [2.05, 4.69) is 12.2 Å². The molecule has 4 saturated carbocycles. The van der Waals surface area contributed by atoms with Crippen molar-refractivity contribution in [3.8, 4) is 5.75 Å². The number of carbonyl (C=O) groups excluding carboxylic acids is 2. The average Bonchev–Trinajstić information content (AvgIpc) is 2.70.